The van der Waals surface area contributed by atoms with Crippen molar-refractivity contribution < 1.29 is 0 Å². The van der Waals surface area contributed by atoms with E-state index in [4.69, 9.17) is 0 Å². The van der Waals surface area contributed by atoms with Crippen LogP contribution in [0.15, 0.2) is 52.2 Å². The van der Waals surface area contributed by atoms with Gasteiger partial charge in [0.2, 0.25) is 0 Å². The highest BCUT2D eigenvalue weighted by Gasteiger charge is 2.22. The summed E-state index contributed by atoms with van der Waals surface area (Å²) in [5, 5.41) is 11.1. The molecule has 1 aliphatic rings. The van der Waals surface area contributed by atoms with Gasteiger partial charge in [-0.15, -0.1) is 24.0 Å². The molecule has 2 N–H and O–H groups in total. The maximum atomic E-state index is 4.32. The molecule has 1 saturated heterocycles. The smallest absolute Gasteiger partial charge is 0.190 e. The lowest BCUT2D eigenvalue weighted by atomic mass is 10.1. The summed E-state index contributed by atoms with van der Waals surface area (Å²) < 4.78 is 3.08. The molecular weight excluding hydrogens is 519 g/mol. The van der Waals surface area contributed by atoms with Gasteiger partial charge in [0.15, 0.2) is 5.96 Å². The van der Waals surface area contributed by atoms with E-state index in [0.29, 0.717) is 5.92 Å². The van der Waals surface area contributed by atoms with E-state index in [1.807, 2.05) is 30.2 Å². The van der Waals surface area contributed by atoms with E-state index in [0.717, 1.165) is 49.6 Å². The Morgan fingerprint density at radius 1 is 1.30 bits per heavy atom. The minimum Gasteiger partial charge on any atom is -0.371 e. The predicted octanol–water partition coefficient (Wildman–Crippen LogP) is 3.35. The summed E-state index contributed by atoms with van der Waals surface area (Å²) in [7, 11) is 1.83. The van der Waals surface area contributed by atoms with Crippen LogP contribution in [-0.4, -0.2) is 49.0 Å². The molecule has 0 amide bonds. The van der Waals surface area contributed by atoms with Gasteiger partial charge in [0.25, 0.3) is 0 Å². The van der Waals surface area contributed by atoms with E-state index in [2.05, 4.69) is 65.8 Å². The van der Waals surface area contributed by atoms with Gasteiger partial charge in [-0.3, -0.25) is 9.67 Å². The number of hydrogen-bond donors (Lipinski definition) is 2. The number of benzene rings is 1. The minimum atomic E-state index is 0. The van der Waals surface area contributed by atoms with Crippen molar-refractivity contribution >= 4 is 51.6 Å². The third-order valence-corrected chi connectivity index (χ3v) is 5.20. The van der Waals surface area contributed by atoms with Crippen LogP contribution < -0.4 is 15.5 Å². The SMILES string of the molecule is CN=C(NCCCn1cccn1)NCC1CCN(c2ccc(Br)cc2)C1.I. The molecule has 0 saturated carbocycles. The molecule has 0 aliphatic carbocycles. The summed E-state index contributed by atoms with van der Waals surface area (Å²) in [6, 6.07) is 10.5. The van der Waals surface area contributed by atoms with Crippen molar-refractivity contribution in [3.8, 4) is 0 Å². The van der Waals surface area contributed by atoms with E-state index < -0.39 is 0 Å². The normalized spacial score (nSPS) is 16.9. The van der Waals surface area contributed by atoms with Crippen LogP contribution in [0.3, 0.4) is 0 Å². The first kappa shape index (κ1) is 22.0. The first-order chi connectivity index (χ1) is 12.7. The van der Waals surface area contributed by atoms with Crippen molar-refractivity contribution in [1.29, 1.82) is 0 Å². The van der Waals surface area contributed by atoms with E-state index in [1.54, 1.807) is 0 Å². The number of guanidine groups is 1. The second kappa shape index (κ2) is 11.5. The molecule has 2 aromatic rings. The minimum absolute atomic E-state index is 0. The summed E-state index contributed by atoms with van der Waals surface area (Å²) >= 11 is 3.50. The van der Waals surface area contributed by atoms with Crippen LogP contribution in [0.5, 0.6) is 0 Å². The first-order valence-electron chi connectivity index (χ1n) is 9.17. The zero-order valence-corrected chi connectivity index (χ0v) is 19.6. The average Bonchev–Trinajstić information content (AvgIpc) is 3.33. The number of nitrogens with zero attached hydrogens (tertiary/aromatic N) is 4. The van der Waals surface area contributed by atoms with Crippen LogP contribution in [0.25, 0.3) is 0 Å². The number of aliphatic imine (C=N–C) groups is 1. The van der Waals surface area contributed by atoms with Crippen LogP contribution in [0, 0.1) is 5.92 Å². The number of rotatable bonds is 7. The summed E-state index contributed by atoms with van der Waals surface area (Å²) in [6.07, 6.45) is 6.03. The quantitative estimate of drug-likeness (QED) is 0.242. The Morgan fingerprint density at radius 2 is 2.11 bits per heavy atom. The van der Waals surface area contributed by atoms with E-state index in [1.165, 1.54) is 12.1 Å². The number of aryl methyl sites for hydroxylation is 1. The molecule has 1 aromatic carbocycles. The van der Waals surface area contributed by atoms with Crippen molar-refractivity contribution in [2.75, 3.05) is 38.1 Å². The maximum absolute atomic E-state index is 4.32. The highest BCUT2D eigenvalue weighted by Crippen LogP contribution is 2.24. The molecule has 0 radical (unpaired) electrons. The van der Waals surface area contributed by atoms with Gasteiger partial charge in [0.1, 0.15) is 0 Å². The lowest BCUT2D eigenvalue weighted by molar-refractivity contribution is 0.553. The van der Waals surface area contributed by atoms with Gasteiger partial charge in [0, 0.05) is 62.3 Å². The fourth-order valence-electron chi connectivity index (χ4n) is 3.23. The van der Waals surface area contributed by atoms with Crippen LogP contribution in [-0.2, 0) is 6.54 Å². The van der Waals surface area contributed by atoms with Crippen molar-refractivity contribution in [1.82, 2.24) is 20.4 Å². The van der Waals surface area contributed by atoms with Gasteiger partial charge < -0.3 is 15.5 Å². The van der Waals surface area contributed by atoms with E-state index in [-0.39, 0.29) is 24.0 Å². The molecule has 0 spiro atoms. The molecule has 2 heterocycles. The molecule has 8 heteroatoms. The fraction of sp³-hybridized carbons (Fsp3) is 0.474. The Balaban J connectivity index is 0.00000261. The Kier molecular flexibility index (Phi) is 9.40. The Morgan fingerprint density at radius 3 is 2.81 bits per heavy atom. The van der Waals surface area contributed by atoms with Crippen molar-refractivity contribution in [2.45, 2.75) is 19.4 Å². The maximum Gasteiger partial charge on any atom is 0.190 e. The van der Waals surface area contributed by atoms with Crippen LogP contribution in [0.4, 0.5) is 5.69 Å². The monoisotopic (exact) mass is 546 g/mol. The van der Waals surface area contributed by atoms with Crippen LogP contribution in [0.1, 0.15) is 12.8 Å². The molecule has 1 fully saturated rings. The molecule has 1 atom stereocenters. The van der Waals surface area contributed by atoms with Crippen LogP contribution >= 0.6 is 39.9 Å². The third-order valence-electron chi connectivity index (χ3n) is 4.68. The second-order valence-electron chi connectivity index (χ2n) is 6.58. The van der Waals surface area contributed by atoms with Crippen molar-refractivity contribution in [3.05, 3.63) is 47.2 Å². The summed E-state index contributed by atoms with van der Waals surface area (Å²) in [6.45, 7) is 4.96. The highest BCUT2D eigenvalue weighted by molar-refractivity contribution is 14.0. The van der Waals surface area contributed by atoms with Gasteiger partial charge >= 0.3 is 0 Å². The molecule has 27 heavy (non-hydrogen) atoms. The highest BCUT2D eigenvalue weighted by atomic mass is 127. The zero-order chi connectivity index (χ0) is 18.2. The number of anilines is 1. The predicted molar refractivity (Wildman–Crippen MR) is 126 cm³/mol. The van der Waals surface area contributed by atoms with Crippen molar-refractivity contribution in [3.63, 3.8) is 0 Å². The summed E-state index contributed by atoms with van der Waals surface area (Å²) in [5.41, 5.74) is 1.30. The van der Waals surface area contributed by atoms with Gasteiger partial charge in [-0.1, -0.05) is 15.9 Å². The Hall–Kier alpha value is -1.29. The molecular formula is C19H28BrIN6. The average molecular weight is 547 g/mol. The van der Waals surface area contributed by atoms with Crippen LogP contribution in [0.2, 0.25) is 0 Å². The number of hydrogen-bond acceptors (Lipinski definition) is 3. The molecule has 0 bridgehead atoms. The number of nitrogens with one attached hydrogen (secondary N) is 2. The number of aromatic nitrogens is 2. The second-order valence-corrected chi connectivity index (χ2v) is 7.50. The number of halogens is 2. The molecule has 1 unspecified atom stereocenters. The largest absolute Gasteiger partial charge is 0.371 e. The topological polar surface area (TPSA) is 57.5 Å². The zero-order valence-electron chi connectivity index (χ0n) is 15.6. The Labute approximate surface area is 187 Å². The van der Waals surface area contributed by atoms with E-state index >= 15 is 0 Å². The molecule has 1 aliphatic heterocycles. The Bertz CT molecular complexity index is 689. The fourth-order valence-corrected chi connectivity index (χ4v) is 3.49. The van der Waals surface area contributed by atoms with Gasteiger partial charge in [-0.2, -0.15) is 5.10 Å². The first-order valence-corrected chi connectivity index (χ1v) is 9.96. The standard InChI is InChI=1S/C19H27BrN6.HI/c1-21-19(22-9-2-11-26-12-3-10-24-26)23-14-16-8-13-25(15-16)18-6-4-17(20)5-7-18;/h3-7,10,12,16H,2,8-9,11,13-15H2,1H3,(H2,21,22,23);1H. The summed E-state index contributed by atoms with van der Waals surface area (Å²) in [4.78, 5) is 6.78. The lowest BCUT2D eigenvalue weighted by Gasteiger charge is -2.19. The summed E-state index contributed by atoms with van der Waals surface area (Å²) in [5.74, 6) is 1.52. The molecule has 3 rings (SSSR count). The molecule has 1 aromatic heterocycles. The van der Waals surface area contributed by atoms with Gasteiger partial charge in [0.05, 0.1) is 0 Å². The lowest BCUT2D eigenvalue weighted by Crippen LogP contribution is -2.40. The van der Waals surface area contributed by atoms with Gasteiger partial charge in [-0.05, 0) is 49.1 Å². The van der Waals surface area contributed by atoms with E-state index in [9.17, 15) is 0 Å². The molecule has 148 valence electrons. The van der Waals surface area contributed by atoms with Gasteiger partial charge in [-0.25, -0.2) is 0 Å². The van der Waals surface area contributed by atoms with Crippen molar-refractivity contribution in [2.24, 2.45) is 10.9 Å². The molecule has 6 nitrogen and oxygen atoms in total. The third kappa shape index (κ3) is 6.99.